The molecule has 0 amide bonds. The number of rotatable bonds is 3. The molecule has 0 bridgehead atoms. The summed E-state index contributed by atoms with van der Waals surface area (Å²) >= 11 is 0.680. The molecule has 2 unspecified atom stereocenters. The third-order valence-electron chi connectivity index (χ3n) is 2.69. The van der Waals surface area contributed by atoms with E-state index in [1.165, 1.54) is 0 Å². The summed E-state index contributed by atoms with van der Waals surface area (Å²) in [5.74, 6) is -0.978. The molecule has 0 spiro atoms. The van der Waals surface area contributed by atoms with E-state index in [0.717, 1.165) is 0 Å². The van der Waals surface area contributed by atoms with Crippen molar-refractivity contribution in [2.45, 2.75) is 17.7 Å². The van der Waals surface area contributed by atoms with Crippen LogP contribution in [-0.2, 0) is 9.47 Å². The zero-order chi connectivity index (χ0) is 14.6. The Hall–Kier alpha value is -1.23. The molecular formula is C13H12F3NO2S. The lowest BCUT2D eigenvalue weighted by Crippen LogP contribution is -2.31. The van der Waals surface area contributed by atoms with Crippen molar-refractivity contribution in [2.24, 2.45) is 0 Å². The maximum atomic E-state index is 12.3. The van der Waals surface area contributed by atoms with Gasteiger partial charge in [-0.2, -0.15) is 18.4 Å². The largest absolute Gasteiger partial charge is 0.397 e. The first-order valence-electron chi connectivity index (χ1n) is 5.91. The Labute approximate surface area is 118 Å². The van der Waals surface area contributed by atoms with E-state index in [1.54, 1.807) is 24.3 Å². The fourth-order valence-corrected chi connectivity index (χ4v) is 2.77. The van der Waals surface area contributed by atoms with Gasteiger partial charge in [0.2, 0.25) is 0 Å². The first-order valence-corrected chi connectivity index (χ1v) is 6.96. The van der Waals surface area contributed by atoms with E-state index >= 15 is 0 Å². The van der Waals surface area contributed by atoms with Crippen LogP contribution in [0.5, 0.6) is 0 Å². The van der Waals surface area contributed by atoms with E-state index in [2.05, 4.69) is 0 Å². The number of hydrogen-bond acceptors (Lipinski definition) is 4. The Morgan fingerprint density at radius 3 is 2.45 bits per heavy atom. The van der Waals surface area contributed by atoms with E-state index < -0.39 is 23.5 Å². The first-order chi connectivity index (χ1) is 9.49. The summed E-state index contributed by atoms with van der Waals surface area (Å²) in [6.45, 7) is 0.621. The number of nitriles is 1. The fourth-order valence-electron chi connectivity index (χ4n) is 1.82. The van der Waals surface area contributed by atoms with Gasteiger partial charge >= 0.3 is 6.18 Å². The molecule has 108 valence electrons. The maximum Gasteiger partial charge on any atom is 0.397 e. The van der Waals surface area contributed by atoms with Crippen molar-refractivity contribution in [2.75, 3.05) is 19.0 Å². The van der Waals surface area contributed by atoms with Crippen LogP contribution in [0.25, 0.3) is 0 Å². The normalized spacial score (nSPS) is 23.3. The van der Waals surface area contributed by atoms with Crippen molar-refractivity contribution in [1.82, 2.24) is 0 Å². The molecule has 1 heterocycles. The van der Waals surface area contributed by atoms with Crippen molar-refractivity contribution in [1.29, 1.82) is 5.26 Å². The molecule has 1 aliphatic heterocycles. The quantitative estimate of drug-likeness (QED) is 0.859. The highest BCUT2D eigenvalue weighted by Gasteiger charge is 2.34. The van der Waals surface area contributed by atoms with Crippen molar-refractivity contribution < 1.29 is 22.6 Å². The number of thioether (sulfide) groups is 1. The Kier molecular flexibility index (Phi) is 4.91. The molecule has 0 radical (unpaired) electrons. The van der Waals surface area contributed by atoms with Crippen LogP contribution in [0.3, 0.4) is 0 Å². The van der Waals surface area contributed by atoms with E-state index in [4.69, 9.17) is 14.7 Å². The van der Waals surface area contributed by atoms with Gasteiger partial charge < -0.3 is 9.47 Å². The van der Waals surface area contributed by atoms with Crippen LogP contribution in [0, 0.1) is 11.3 Å². The fraction of sp³-hybridized carbons (Fsp3) is 0.462. The molecule has 1 saturated heterocycles. The summed E-state index contributed by atoms with van der Waals surface area (Å²) in [5.41, 5.74) is 0.506. The molecule has 20 heavy (non-hydrogen) atoms. The van der Waals surface area contributed by atoms with Crippen molar-refractivity contribution in [3.63, 3.8) is 0 Å². The SMILES string of the molecule is N#Cc1ccc(C2OCCOC2SCC(F)(F)F)cc1. The van der Waals surface area contributed by atoms with Crippen molar-refractivity contribution >= 4 is 11.8 Å². The zero-order valence-electron chi connectivity index (χ0n) is 10.4. The third-order valence-corrected chi connectivity index (χ3v) is 3.90. The average Bonchev–Trinajstić information content (AvgIpc) is 2.45. The molecule has 2 atom stereocenters. The Morgan fingerprint density at radius 1 is 1.20 bits per heavy atom. The third kappa shape index (κ3) is 4.13. The summed E-state index contributed by atoms with van der Waals surface area (Å²) in [7, 11) is 0. The van der Waals surface area contributed by atoms with Crippen LogP contribution in [0.4, 0.5) is 13.2 Å². The predicted molar refractivity (Wildman–Crippen MR) is 68.1 cm³/mol. The van der Waals surface area contributed by atoms with Crippen molar-refractivity contribution in [3.05, 3.63) is 35.4 Å². The predicted octanol–water partition coefficient (Wildman–Crippen LogP) is 3.27. The lowest BCUT2D eigenvalue weighted by molar-refractivity contribution is -0.114. The van der Waals surface area contributed by atoms with E-state index in [-0.39, 0.29) is 6.61 Å². The molecule has 0 saturated carbocycles. The highest BCUT2D eigenvalue weighted by molar-refractivity contribution is 7.99. The van der Waals surface area contributed by atoms with Gasteiger partial charge in [0.05, 0.1) is 30.6 Å². The Morgan fingerprint density at radius 2 is 1.85 bits per heavy atom. The van der Waals surface area contributed by atoms with E-state index in [9.17, 15) is 13.2 Å². The van der Waals surface area contributed by atoms with Gasteiger partial charge in [-0.25, -0.2) is 0 Å². The molecule has 1 fully saturated rings. The second kappa shape index (κ2) is 6.48. The van der Waals surface area contributed by atoms with Crippen LogP contribution < -0.4 is 0 Å². The van der Waals surface area contributed by atoms with Crippen LogP contribution in [0.1, 0.15) is 17.2 Å². The van der Waals surface area contributed by atoms with E-state index in [1.807, 2.05) is 6.07 Å². The van der Waals surface area contributed by atoms with Crippen LogP contribution in [0.15, 0.2) is 24.3 Å². The second-order valence-corrected chi connectivity index (χ2v) is 5.28. The molecule has 0 aliphatic carbocycles. The molecule has 2 rings (SSSR count). The van der Waals surface area contributed by atoms with Gasteiger partial charge in [0.25, 0.3) is 0 Å². The number of halogens is 3. The van der Waals surface area contributed by atoms with E-state index in [0.29, 0.717) is 29.5 Å². The molecule has 0 N–H and O–H groups in total. The second-order valence-electron chi connectivity index (χ2n) is 4.19. The Bertz CT molecular complexity index is 484. The summed E-state index contributed by atoms with van der Waals surface area (Å²) < 4.78 is 47.7. The van der Waals surface area contributed by atoms with Gasteiger partial charge in [-0.1, -0.05) is 12.1 Å². The van der Waals surface area contributed by atoms with Gasteiger partial charge in [0.1, 0.15) is 11.5 Å². The highest BCUT2D eigenvalue weighted by Crippen LogP contribution is 2.36. The van der Waals surface area contributed by atoms with Crippen LogP contribution >= 0.6 is 11.8 Å². The van der Waals surface area contributed by atoms with Crippen LogP contribution in [-0.4, -0.2) is 30.6 Å². The topological polar surface area (TPSA) is 42.2 Å². The number of benzene rings is 1. The molecule has 7 heteroatoms. The monoisotopic (exact) mass is 303 g/mol. The summed E-state index contributed by atoms with van der Waals surface area (Å²) in [4.78, 5) is 0. The minimum Gasteiger partial charge on any atom is -0.367 e. The average molecular weight is 303 g/mol. The minimum atomic E-state index is -4.24. The summed E-state index contributed by atoms with van der Waals surface area (Å²) in [6.07, 6.45) is -4.79. The number of alkyl halides is 3. The molecular weight excluding hydrogens is 291 g/mol. The highest BCUT2D eigenvalue weighted by atomic mass is 32.2. The number of ether oxygens (including phenoxy) is 2. The first kappa shape index (κ1) is 15.2. The number of hydrogen-bond donors (Lipinski definition) is 0. The van der Waals surface area contributed by atoms with Crippen molar-refractivity contribution in [3.8, 4) is 6.07 Å². The van der Waals surface area contributed by atoms with Gasteiger partial charge in [-0.05, 0) is 17.7 Å². The summed E-state index contributed by atoms with van der Waals surface area (Å²) in [6, 6.07) is 8.57. The van der Waals surface area contributed by atoms with Gasteiger partial charge in [0.15, 0.2) is 0 Å². The summed E-state index contributed by atoms with van der Waals surface area (Å²) in [5, 5.41) is 8.73. The Balaban J connectivity index is 2.07. The lowest BCUT2D eigenvalue weighted by Gasteiger charge is -2.32. The van der Waals surface area contributed by atoms with Crippen LogP contribution in [0.2, 0.25) is 0 Å². The minimum absolute atomic E-state index is 0.280. The molecule has 1 aromatic carbocycles. The van der Waals surface area contributed by atoms with Gasteiger partial charge in [-0.15, -0.1) is 11.8 Å². The standard InChI is InChI=1S/C13H12F3NO2S/c14-13(15,16)8-20-12-11(18-5-6-19-12)10-3-1-9(7-17)2-4-10/h1-4,11-12H,5-6,8H2. The number of nitrogens with zero attached hydrogens (tertiary/aromatic N) is 1. The lowest BCUT2D eigenvalue weighted by atomic mass is 10.1. The van der Waals surface area contributed by atoms with Gasteiger partial charge in [-0.3, -0.25) is 0 Å². The smallest absolute Gasteiger partial charge is 0.367 e. The molecule has 1 aromatic rings. The zero-order valence-corrected chi connectivity index (χ0v) is 11.2. The molecule has 0 aromatic heterocycles. The van der Waals surface area contributed by atoms with Gasteiger partial charge in [0, 0.05) is 0 Å². The maximum absolute atomic E-state index is 12.3. The molecule has 3 nitrogen and oxygen atoms in total. The molecule has 1 aliphatic rings.